The highest BCUT2D eigenvalue weighted by Crippen LogP contribution is 2.18. The molecule has 1 unspecified atom stereocenters. The molecule has 1 atom stereocenters. The van der Waals surface area contributed by atoms with Crippen LogP contribution in [0, 0.1) is 0 Å². The second kappa shape index (κ2) is 6.20. The summed E-state index contributed by atoms with van der Waals surface area (Å²) in [6, 6.07) is 11.6. The molecule has 2 heterocycles. The van der Waals surface area contributed by atoms with Crippen LogP contribution < -0.4 is 10.5 Å². The number of hydrogen-bond acceptors (Lipinski definition) is 3. The molecule has 3 aromatic rings. The van der Waals surface area contributed by atoms with Crippen molar-refractivity contribution in [2.24, 2.45) is 0 Å². The molecule has 3 rings (SSSR count). The van der Waals surface area contributed by atoms with Crippen molar-refractivity contribution in [2.45, 2.75) is 26.4 Å². The third-order valence-corrected chi connectivity index (χ3v) is 3.85. The Morgan fingerprint density at radius 3 is 2.73 bits per heavy atom. The molecule has 114 valence electrons. The molecule has 0 aliphatic carbocycles. The molecule has 0 bridgehead atoms. The van der Waals surface area contributed by atoms with Crippen molar-refractivity contribution in [3.63, 3.8) is 0 Å². The smallest absolute Gasteiger partial charge is 0.336 e. The van der Waals surface area contributed by atoms with E-state index in [2.05, 4.69) is 20.0 Å². The molecule has 1 N–H and O–H groups in total. The molecule has 0 saturated heterocycles. The molecular formula is C18H20NO3+. The van der Waals surface area contributed by atoms with Crippen LogP contribution in [-0.4, -0.2) is 7.05 Å². The number of aryl methyl sites for hydroxylation is 1. The van der Waals surface area contributed by atoms with Crippen molar-refractivity contribution in [1.82, 2.24) is 0 Å². The summed E-state index contributed by atoms with van der Waals surface area (Å²) < 4.78 is 10.7. The number of rotatable bonds is 5. The summed E-state index contributed by atoms with van der Waals surface area (Å²) in [5.41, 5.74) is 2.57. The van der Waals surface area contributed by atoms with E-state index in [-0.39, 0.29) is 5.63 Å². The lowest BCUT2D eigenvalue weighted by molar-refractivity contribution is -0.908. The first-order chi connectivity index (χ1) is 10.7. The number of quaternary nitrogens is 1. The van der Waals surface area contributed by atoms with E-state index in [0.29, 0.717) is 5.58 Å². The van der Waals surface area contributed by atoms with Crippen LogP contribution in [0.4, 0.5) is 0 Å². The average Bonchev–Trinajstić information content (AvgIpc) is 2.99. The van der Waals surface area contributed by atoms with Crippen LogP contribution in [-0.2, 0) is 19.5 Å². The fraction of sp³-hybridized carbons (Fsp3) is 0.278. The van der Waals surface area contributed by atoms with Gasteiger partial charge in [0.1, 0.15) is 18.7 Å². The number of furan rings is 1. The van der Waals surface area contributed by atoms with E-state index in [0.717, 1.165) is 36.2 Å². The highest BCUT2D eigenvalue weighted by Gasteiger charge is 2.12. The first kappa shape index (κ1) is 14.6. The van der Waals surface area contributed by atoms with Gasteiger partial charge in [0.05, 0.1) is 13.3 Å². The first-order valence-corrected chi connectivity index (χ1v) is 7.55. The highest BCUT2D eigenvalue weighted by molar-refractivity contribution is 5.80. The summed E-state index contributed by atoms with van der Waals surface area (Å²) in [5, 5.41) is 1.01. The normalized spacial score (nSPS) is 12.6. The molecule has 4 heteroatoms. The number of benzene rings is 1. The quantitative estimate of drug-likeness (QED) is 0.734. The molecule has 0 spiro atoms. The first-order valence-electron chi connectivity index (χ1n) is 7.55. The maximum Gasteiger partial charge on any atom is 0.336 e. The summed E-state index contributed by atoms with van der Waals surface area (Å²) in [7, 11) is 2.09. The van der Waals surface area contributed by atoms with Crippen molar-refractivity contribution in [1.29, 1.82) is 0 Å². The third kappa shape index (κ3) is 3.12. The Morgan fingerprint density at radius 1 is 1.14 bits per heavy atom. The molecule has 4 nitrogen and oxygen atoms in total. The van der Waals surface area contributed by atoms with Crippen LogP contribution in [0.2, 0.25) is 0 Å². The summed E-state index contributed by atoms with van der Waals surface area (Å²) in [6.45, 7) is 3.61. The number of hydrogen-bond donors (Lipinski definition) is 1. The lowest BCUT2D eigenvalue weighted by Crippen LogP contribution is -3.06. The Hall–Kier alpha value is -2.33. The van der Waals surface area contributed by atoms with Gasteiger partial charge >= 0.3 is 5.63 Å². The summed E-state index contributed by atoms with van der Waals surface area (Å²) in [5.74, 6) is 0.943. The summed E-state index contributed by atoms with van der Waals surface area (Å²) >= 11 is 0. The molecule has 22 heavy (non-hydrogen) atoms. The largest absolute Gasteiger partial charge is 0.463 e. The summed E-state index contributed by atoms with van der Waals surface area (Å²) in [6.07, 6.45) is 2.61. The standard InChI is InChI=1S/C18H19NO3/c1-3-13-6-7-16-14(10-18(20)22-17(16)9-13)11-19(2)12-15-5-4-8-21-15/h4-10H,3,11-12H2,1-2H3/p+1. The van der Waals surface area contributed by atoms with Gasteiger partial charge in [-0.1, -0.05) is 19.1 Å². The number of fused-ring (bicyclic) bond motifs is 1. The minimum atomic E-state index is -0.290. The van der Waals surface area contributed by atoms with Crippen LogP contribution in [0.15, 0.2) is 56.3 Å². The third-order valence-electron chi connectivity index (χ3n) is 3.85. The molecule has 2 aromatic heterocycles. The predicted molar refractivity (Wildman–Crippen MR) is 84.9 cm³/mol. The van der Waals surface area contributed by atoms with Gasteiger partial charge in [0, 0.05) is 17.0 Å². The zero-order chi connectivity index (χ0) is 15.5. The minimum Gasteiger partial charge on any atom is -0.463 e. The predicted octanol–water partition coefficient (Wildman–Crippen LogP) is 2.16. The Morgan fingerprint density at radius 2 is 2.00 bits per heavy atom. The van der Waals surface area contributed by atoms with E-state index in [1.165, 1.54) is 10.5 Å². The molecule has 0 aliphatic rings. The Kier molecular flexibility index (Phi) is 4.11. The molecule has 0 aliphatic heterocycles. The fourth-order valence-electron chi connectivity index (χ4n) is 2.74. The molecule has 1 aromatic carbocycles. The van der Waals surface area contributed by atoms with Crippen LogP contribution in [0.3, 0.4) is 0 Å². The summed E-state index contributed by atoms with van der Waals surface area (Å²) in [4.78, 5) is 13.1. The lowest BCUT2D eigenvalue weighted by atomic mass is 10.1. The van der Waals surface area contributed by atoms with Crippen LogP contribution in [0.25, 0.3) is 11.0 Å². The Labute approximate surface area is 129 Å². The van der Waals surface area contributed by atoms with Gasteiger partial charge in [0.15, 0.2) is 5.76 Å². The molecule has 0 saturated carbocycles. The Bertz CT molecular complexity index is 818. The van der Waals surface area contributed by atoms with E-state index in [4.69, 9.17) is 8.83 Å². The van der Waals surface area contributed by atoms with E-state index in [9.17, 15) is 4.79 Å². The van der Waals surface area contributed by atoms with E-state index < -0.39 is 0 Å². The van der Waals surface area contributed by atoms with Gasteiger partial charge < -0.3 is 13.7 Å². The van der Waals surface area contributed by atoms with Gasteiger partial charge in [-0.05, 0) is 30.2 Å². The molecule has 0 amide bonds. The van der Waals surface area contributed by atoms with Crippen LogP contribution >= 0.6 is 0 Å². The van der Waals surface area contributed by atoms with E-state index >= 15 is 0 Å². The monoisotopic (exact) mass is 298 g/mol. The van der Waals surface area contributed by atoms with Gasteiger partial charge in [-0.15, -0.1) is 0 Å². The Balaban J connectivity index is 1.90. The zero-order valence-electron chi connectivity index (χ0n) is 12.9. The van der Waals surface area contributed by atoms with Crippen LogP contribution in [0.5, 0.6) is 0 Å². The second-order valence-corrected chi connectivity index (χ2v) is 5.66. The van der Waals surface area contributed by atoms with Crippen molar-refractivity contribution in [3.8, 4) is 0 Å². The zero-order valence-corrected chi connectivity index (χ0v) is 12.9. The van der Waals surface area contributed by atoms with E-state index in [1.807, 2.05) is 24.3 Å². The number of nitrogens with one attached hydrogen (secondary N) is 1. The highest BCUT2D eigenvalue weighted by atomic mass is 16.4. The van der Waals surface area contributed by atoms with Crippen molar-refractivity contribution >= 4 is 11.0 Å². The lowest BCUT2D eigenvalue weighted by Gasteiger charge is -2.13. The topological polar surface area (TPSA) is 47.8 Å². The maximum atomic E-state index is 11.8. The maximum absolute atomic E-state index is 11.8. The molecular weight excluding hydrogens is 278 g/mol. The second-order valence-electron chi connectivity index (χ2n) is 5.66. The minimum absolute atomic E-state index is 0.290. The van der Waals surface area contributed by atoms with Gasteiger partial charge in [0.2, 0.25) is 0 Å². The SMILES string of the molecule is CCc1ccc2c(C[NH+](C)Cc3ccco3)cc(=O)oc2c1. The fourth-order valence-corrected chi connectivity index (χ4v) is 2.74. The van der Waals surface area contributed by atoms with Crippen LogP contribution in [0.1, 0.15) is 23.8 Å². The van der Waals surface area contributed by atoms with Crippen molar-refractivity contribution in [3.05, 3.63) is 70.0 Å². The van der Waals surface area contributed by atoms with Crippen molar-refractivity contribution < 1.29 is 13.7 Å². The molecule has 0 fully saturated rings. The molecule has 0 radical (unpaired) electrons. The van der Waals surface area contributed by atoms with E-state index in [1.54, 1.807) is 12.3 Å². The van der Waals surface area contributed by atoms with Gasteiger partial charge in [-0.25, -0.2) is 4.79 Å². The van der Waals surface area contributed by atoms with Crippen molar-refractivity contribution in [2.75, 3.05) is 7.05 Å². The van der Waals surface area contributed by atoms with Gasteiger partial charge in [0.25, 0.3) is 0 Å². The average molecular weight is 298 g/mol. The van der Waals surface area contributed by atoms with Gasteiger partial charge in [-0.3, -0.25) is 0 Å². The van der Waals surface area contributed by atoms with Gasteiger partial charge in [-0.2, -0.15) is 0 Å².